The highest BCUT2D eigenvalue weighted by atomic mass is 35.5. The molecule has 1 rings (SSSR count). The maximum Gasteiger partial charge on any atom is 0.251 e. The molecule has 0 fully saturated rings. The van der Waals surface area contributed by atoms with Crippen molar-refractivity contribution < 1.29 is 9.59 Å². The molecule has 2 amide bonds. The number of hydrogen-bond acceptors (Lipinski definition) is 2. The summed E-state index contributed by atoms with van der Waals surface area (Å²) < 4.78 is 0. The number of carbonyl (C=O) groups is 2. The molecule has 1 aromatic carbocycles. The van der Waals surface area contributed by atoms with Crippen molar-refractivity contribution in [2.24, 2.45) is 0 Å². The summed E-state index contributed by atoms with van der Waals surface area (Å²) in [4.78, 5) is 23.1. The SMILES string of the molecule is CCC(C)NC(=O)CNC(=O)c1ccc(Cl)cc1. The predicted octanol–water partition coefficient (Wildman–Crippen LogP) is 1.98. The molecule has 0 aliphatic rings. The van der Waals surface area contributed by atoms with E-state index in [0.29, 0.717) is 10.6 Å². The number of benzene rings is 1. The average Bonchev–Trinajstić information content (AvgIpc) is 2.36. The quantitative estimate of drug-likeness (QED) is 0.858. The van der Waals surface area contributed by atoms with E-state index in [1.165, 1.54) is 0 Å². The molecule has 1 aromatic rings. The maximum atomic E-state index is 11.7. The van der Waals surface area contributed by atoms with Crippen LogP contribution >= 0.6 is 11.6 Å². The smallest absolute Gasteiger partial charge is 0.251 e. The van der Waals surface area contributed by atoms with Gasteiger partial charge in [0, 0.05) is 16.6 Å². The van der Waals surface area contributed by atoms with Crippen molar-refractivity contribution in [2.45, 2.75) is 26.3 Å². The van der Waals surface area contributed by atoms with Gasteiger partial charge in [-0.25, -0.2) is 0 Å². The maximum absolute atomic E-state index is 11.7. The Morgan fingerprint density at radius 2 is 1.89 bits per heavy atom. The van der Waals surface area contributed by atoms with Gasteiger partial charge in [-0.15, -0.1) is 0 Å². The Balaban J connectivity index is 2.41. The summed E-state index contributed by atoms with van der Waals surface area (Å²) in [5.41, 5.74) is 0.482. The lowest BCUT2D eigenvalue weighted by Gasteiger charge is -2.11. The molecule has 0 aromatic heterocycles. The Kier molecular flexibility index (Phi) is 5.65. The summed E-state index contributed by atoms with van der Waals surface area (Å²) in [6, 6.07) is 6.62. The Labute approximate surface area is 112 Å². The summed E-state index contributed by atoms with van der Waals surface area (Å²) >= 11 is 5.72. The highest BCUT2D eigenvalue weighted by Gasteiger charge is 2.09. The largest absolute Gasteiger partial charge is 0.352 e. The van der Waals surface area contributed by atoms with Crippen LogP contribution in [0.3, 0.4) is 0 Å². The van der Waals surface area contributed by atoms with E-state index in [1.807, 2.05) is 13.8 Å². The van der Waals surface area contributed by atoms with Gasteiger partial charge < -0.3 is 10.6 Å². The normalized spacial score (nSPS) is 11.7. The zero-order valence-electron chi connectivity index (χ0n) is 10.5. The lowest BCUT2D eigenvalue weighted by atomic mass is 10.2. The third-order valence-corrected chi connectivity index (χ3v) is 2.79. The van der Waals surface area contributed by atoms with Crippen LogP contribution in [-0.2, 0) is 4.79 Å². The third kappa shape index (κ3) is 4.75. The Hall–Kier alpha value is -1.55. The number of halogens is 1. The number of carbonyl (C=O) groups excluding carboxylic acids is 2. The lowest BCUT2D eigenvalue weighted by molar-refractivity contribution is -0.120. The van der Waals surface area contributed by atoms with Crippen LogP contribution in [0.2, 0.25) is 5.02 Å². The number of hydrogen-bond donors (Lipinski definition) is 2. The first-order valence-electron chi connectivity index (χ1n) is 5.86. The van der Waals surface area contributed by atoms with Crippen molar-refractivity contribution >= 4 is 23.4 Å². The highest BCUT2D eigenvalue weighted by molar-refractivity contribution is 6.30. The van der Waals surface area contributed by atoms with Gasteiger partial charge in [0.25, 0.3) is 5.91 Å². The molecular weight excluding hydrogens is 252 g/mol. The van der Waals surface area contributed by atoms with Crippen LogP contribution in [0.1, 0.15) is 30.6 Å². The Morgan fingerprint density at radius 1 is 1.28 bits per heavy atom. The molecule has 0 saturated carbocycles. The molecule has 1 atom stereocenters. The molecule has 0 spiro atoms. The second kappa shape index (κ2) is 7.01. The van der Waals surface area contributed by atoms with Crippen molar-refractivity contribution in [1.82, 2.24) is 10.6 Å². The van der Waals surface area contributed by atoms with Crippen LogP contribution in [0.4, 0.5) is 0 Å². The summed E-state index contributed by atoms with van der Waals surface area (Å²) in [5, 5.41) is 5.89. The second-order valence-electron chi connectivity index (χ2n) is 4.07. The Morgan fingerprint density at radius 3 is 2.44 bits per heavy atom. The number of rotatable bonds is 5. The highest BCUT2D eigenvalue weighted by Crippen LogP contribution is 2.09. The van der Waals surface area contributed by atoms with E-state index >= 15 is 0 Å². The summed E-state index contributed by atoms with van der Waals surface area (Å²) in [6.45, 7) is 3.88. The molecule has 0 aliphatic carbocycles. The van der Waals surface area contributed by atoms with Crippen molar-refractivity contribution in [1.29, 1.82) is 0 Å². The molecule has 0 aliphatic heterocycles. The summed E-state index contributed by atoms with van der Waals surface area (Å²) in [7, 11) is 0. The van der Waals surface area contributed by atoms with Crippen LogP contribution in [0, 0.1) is 0 Å². The number of amides is 2. The van der Waals surface area contributed by atoms with Crippen LogP contribution in [0.5, 0.6) is 0 Å². The first-order chi connectivity index (χ1) is 8.52. The average molecular weight is 269 g/mol. The van der Waals surface area contributed by atoms with E-state index in [2.05, 4.69) is 10.6 Å². The minimum absolute atomic E-state index is 0.0220. The fraction of sp³-hybridized carbons (Fsp3) is 0.385. The van der Waals surface area contributed by atoms with Crippen LogP contribution < -0.4 is 10.6 Å². The van der Waals surface area contributed by atoms with Crippen LogP contribution in [-0.4, -0.2) is 24.4 Å². The van der Waals surface area contributed by atoms with Crippen LogP contribution in [0.15, 0.2) is 24.3 Å². The third-order valence-electron chi connectivity index (χ3n) is 2.54. The standard InChI is InChI=1S/C13H17ClN2O2/c1-3-9(2)16-12(17)8-15-13(18)10-4-6-11(14)7-5-10/h4-7,9H,3,8H2,1-2H3,(H,15,18)(H,16,17). The van der Waals surface area contributed by atoms with Gasteiger partial charge in [0.1, 0.15) is 0 Å². The minimum atomic E-state index is -0.286. The first kappa shape index (κ1) is 14.5. The van der Waals surface area contributed by atoms with E-state index in [-0.39, 0.29) is 24.4 Å². The van der Waals surface area contributed by atoms with Gasteiger partial charge in [0.15, 0.2) is 0 Å². The molecule has 98 valence electrons. The first-order valence-corrected chi connectivity index (χ1v) is 6.24. The molecule has 0 bridgehead atoms. The topological polar surface area (TPSA) is 58.2 Å². The van der Waals surface area contributed by atoms with E-state index < -0.39 is 0 Å². The van der Waals surface area contributed by atoms with Crippen LogP contribution in [0.25, 0.3) is 0 Å². The second-order valence-corrected chi connectivity index (χ2v) is 4.50. The zero-order chi connectivity index (χ0) is 13.5. The molecule has 18 heavy (non-hydrogen) atoms. The van der Waals surface area contributed by atoms with E-state index in [1.54, 1.807) is 24.3 Å². The van der Waals surface area contributed by atoms with Gasteiger partial charge in [-0.2, -0.15) is 0 Å². The fourth-order valence-corrected chi connectivity index (χ4v) is 1.42. The Bertz CT molecular complexity index is 418. The number of nitrogens with one attached hydrogen (secondary N) is 2. The van der Waals surface area contributed by atoms with Crippen molar-refractivity contribution in [3.63, 3.8) is 0 Å². The van der Waals surface area contributed by atoms with E-state index in [4.69, 9.17) is 11.6 Å². The van der Waals surface area contributed by atoms with Gasteiger partial charge >= 0.3 is 0 Å². The van der Waals surface area contributed by atoms with Gasteiger partial charge in [-0.3, -0.25) is 9.59 Å². The molecule has 0 saturated heterocycles. The monoisotopic (exact) mass is 268 g/mol. The molecule has 2 N–H and O–H groups in total. The van der Waals surface area contributed by atoms with E-state index in [9.17, 15) is 9.59 Å². The molecule has 4 nitrogen and oxygen atoms in total. The van der Waals surface area contributed by atoms with Crippen molar-refractivity contribution in [3.8, 4) is 0 Å². The molecule has 1 unspecified atom stereocenters. The molecular formula is C13H17ClN2O2. The van der Waals surface area contributed by atoms with Gasteiger partial charge in [0.05, 0.1) is 6.54 Å². The molecule has 0 radical (unpaired) electrons. The van der Waals surface area contributed by atoms with Crippen molar-refractivity contribution in [2.75, 3.05) is 6.54 Å². The predicted molar refractivity (Wildman–Crippen MR) is 71.7 cm³/mol. The van der Waals surface area contributed by atoms with Gasteiger partial charge in [0.2, 0.25) is 5.91 Å². The summed E-state index contributed by atoms with van der Waals surface area (Å²) in [6.07, 6.45) is 0.858. The van der Waals surface area contributed by atoms with Crippen molar-refractivity contribution in [3.05, 3.63) is 34.9 Å². The minimum Gasteiger partial charge on any atom is -0.352 e. The molecule has 0 heterocycles. The molecule has 5 heteroatoms. The zero-order valence-corrected chi connectivity index (χ0v) is 11.3. The lowest BCUT2D eigenvalue weighted by Crippen LogP contribution is -2.40. The summed E-state index contributed by atoms with van der Waals surface area (Å²) in [5.74, 6) is -0.474. The van der Waals surface area contributed by atoms with Gasteiger partial charge in [-0.1, -0.05) is 18.5 Å². The fourth-order valence-electron chi connectivity index (χ4n) is 1.29. The van der Waals surface area contributed by atoms with E-state index in [0.717, 1.165) is 6.42 Å². The van der Waals surface area contributed by atoms with Gasteiger partial charge in [-0.05, 0) is 37.6 Å².